The maximum atomic E-state index is 12.7. The molecule has 2 aliphatic rings. The van der Waals surface area contributed by atoms with Crippen molar-refractivity contribution >= 4 is 23.3 Å². The highest BCUT2D eigenvalue weighted by Crippen LogP contribution is 2.34. The van der Waals surface area contributed by atoms with Crippen LogP contribution in [0.15, 0.2) is 55.1 Å². The second kappa shape index (κ2) is 7.57. The number of amides is 1. The number of carbonyl (C=O) groups excluding carboxylic acids is 1. The summed E-state index contributed by atoms with van der Waals surface area (Å²) in [6, 6.07) is 9.01. The van der Waals surface area contributed by atoms with Crippen LogP contribution in [-0.4, -0.2) is 57.0 Å². The van der Waals surface area contributed by atoms with Crippen molar-refractivity contribution in [3.63, 3.8) is 0 Å². The second-order valence-corrected chi connectivity index (χ2v) is 8.27. The van der Waals surface area contributed by atoms with Crippen LogP contribution in [0.3, 0.4) is 0 Å². The average Bonchev–Trinajstić information content (AvgIpc) is 3.33. The third kappa shape index (κ3) is 3.57. The summed E-state index contributed by atoms with van der Waals surface area (Å²) in [5.74, 6) is 1.59. The number of benzene rings is 1. The number of rotatable bonds is 3. The lowest BCUT2D eigenvalue weighted by molar-refractivity contribution is 0.0781. The molecular formula is C22H20ClN5O2. The fourth-order valence-corrected chi connectivity index (χ4v) is 4.45. The molecule has 152 valence electrons. The first-order valence-electron chi connectivity index (χ1n) is 9.83. The van der Waals surface area contributed by atoms with Crippen LogP contribution < -0.4 is 4.90 Å². The van der Waals surface area contributed by atoms with Crippen LogP contribution in [-0.2, 0) is 0 Å². The lowest BCUT2D eigenvalue weighted by Gasteiger charge is -2.22. The van der Waals surface area contributed by atoms with Crippen LogP contribution in [0.5, 0.6) is 5.75 Å². The quantitative estimate of drug-likeness (QED) is 0.699. The summed E-state index contributed by atoms with van der Waals surface area (Å²) < 4.78 is 0. The monoisotopic (exact) mass is 421 g/mol. The molecule has 2 aromatic heterocycles. The van der Waals surface area contributed by atoms with Crippen molar-refractivity contribution in [2.24, 2.45) is 11.8 Å². The van der Waals surface area contributed by atoms with Crippen molar-refractivity contribution in [3.05, 3.63) is 65.7 Å². The third-order valence-corrected chi connectivity index (χ3v) is 6.10. The molecule has 2 unspecified atom stereocenters. The molecule has 1 N–H and O–H groups in total. The Bertz CT molecular complexity index is 1060. The number of likely N-dealkylation sites (tertiary alicyclic amines) is 1. The third-order valence-electron chi connectivity index (χ3n) is 5.85. The second-order valence-electron chi connectivity index (χ2n) is 7.83. The number of carbonyl (C=O) groups is 1. The molecule has 1 amide bonds. The summed E-state index contributed by atoms with van der Waals surface area (Å²) in [6.45, 7) is 3.10. The molecule has 4 heterocycles. The van der Waals surface area contributed by atoms with Gasteiger partial charge in [0.15, 0.2) is 0 Å². The van der Waals surface area contributed by atoms with E-state index in [0.717, 1.165) is 30.2 Å². The average molecular weight is 422 g/mol. The van der Waals surface area contributed by atoms with Gasteiger partial charge in [0.25, 0.3) is 5.91 Å². The van der Waals surface area contributed by atoms with E-state index in [0.29, 0.717) is 35.5 Å². The van der Waals surface area contributed by atoms with E-state index in [2.05, 4.69) is 19.9 Å². The maximum absolute atomic E-state index is 12.7. The van der Waals surface area contributed by atoms with Gasteiger partial charge in [-0.15, -0.1) is 0 Å². The molecule has 1 aromatic carbocycles. The number of nitrogens with zero attached hydrogens (tertiary/aromatic N) is 5. The van der Waals surface area contributed by atoms with Crippen molar-refractivity contribution in [2.45, 2.75) is 0 Å². The molecule has 2 aliphatic heterocycles. The molecule has 30 heavy (non-hydrogen) atoms. The Hall–Kier alpha value is -3.19. The molecule has 2 saturated heterocycles. The van der Waals surface area contributed by atoms with E-state index in [-0.39, 0.29) is 11.7 Å². The molecule has 0 radical (unpaired) electrons. The summed E-state index contributed by atoms with van der Waals surface area (Å²) in [5.41, 5.74) is 2.22. The van der Waals surface area contributed by atoms with Crippen molar-refractivity contribution in [1.29, 1.82) is 0 Å². The van der Waals surface area contributed by atoms with E-state index in [9.17, 15) is 9.90 Å². The van der Waals surface area contributed by atoms with E-state index in [1.54, 1.807) is 6.20 Å². The van der Waals surface area contributed by atoms with Crippen molar-refractivity contribution in [1.82, 2.24) is 19.9 Å². The van der Waals surface area contributed by atoms with E-state index in [1.807, 2.05) is 35.4 Å². The smallest absolute Gasteiger partial charge is 0.255 e. The summed E-state index contributed by atoms with van der Waals surface area (Å²) in [6.07, 6.45) is 6.43. The minimum atomic E-state index is -0.0774. The van der Waals surface area contributed by atoms with Crippen LogP contribution >= 0.6 is 11.6 Å². The number of pyridine rings is 1. The Morgan fingerprint density at radius 1 is 0.967 bits per heavy atom. The highest BCUT2D eigenvalue weighted by Gasteiger charge is 2.42. The minimum absolute atomic E-state index is 0.00652. The Morgan fingerprint density at radius 3 is 2.33 bits per heavy atom. The number of halogens is 1. The SMILES string of the molecule is O=C(c1cncc(O)c1)N1CC2CN(c3cnc(-c4ccc(Cl)cc4)cn3)CC2C1. The standard InChI is InChI=1S/C22H20ClN5O2/c23-18-3-1-14(2-4-18)20-8-26-21(9-25-20)27-10-16-12-28(13-17(16)11-27)22(30)15-5-19(29)7-24-6-15/h1-9,16-17,29H,10-13H2. The molecule has 7 nitrogen and oxygen atoms in total. The van der Waals surface area contributed by atoms with E-state index in [4.69, 9.17) is 11.6 Å². The number of hydrogen-bond acceptors (Lipinski definition) is 6. The van der Waals surface area contributed by atoms with Crippen LogP contribution in [0.25, 0.3) is 11.3 Å². The van der Waals surface area contributed by atoms with Gasteiger partial charge in [0.2, 0.25) is 0 Å². The molecule has 8 heteroatoms. The van der Waals surface area contributed by atoms with E-state index >= 15 is 0 Å². The van der Waals surface area contributed by atoms with Crippen molar-refractivity contribution in [3.8, 4) is 17.0 Å². The van der Waals surface area contributed by atoms with Crippen LogP contribution in [0.1, 0.15) is 10.4 Å². The van der Waals surface area contributed by atoms with E-state index in [1.165, 1.54) is 18.5 Å². The molecular weight excluding hydrogens is 402 g/mol. The van der Waals surface area contributed by atoms with E-state index < -0.39 is 0 Å². The molecule has 2 fully saturated rings. The highest BCUT2D eigenvalue weighted by atomic mass is 35.5. The topological polar surface area (TPSA) is 82.5 Å². The zero-order valence-corrected chi connectivity index (χ0v) is 16.9. The predicted molar refractivity (Wildman–Crippen MR) is 113 cm³/mol. The largest absolute Gasteiger partial charge is 0.506 e. The number of anilines is 1. The van der Waals surface area contributed by atoms with Gasteiger partial charge >= 0.3 is 0 Å². The first kappa shape index (κ1) is 18.8. The number of aromatic nitrogens is 3. The van der Waals surface area contributed by atoms with Gasteiger partial charge in [-0.2, -0.15) is 0 Å². The predicted octanol–water partition coefficient (Wildman–Crippen LogP) is 3.11. The normalized spacial score (nSPS) is 20.4. The van der Waals surface area contributed by atoms with Gasteiger partial charge in [0.05, 0.1) is 29.8 Å². The Morgan fingerprint density at radius 2 is 1.70 bits per heavy atom. The van der Waals surface area contributed by atoms with Gasteiger partial charge < -0.3 is 14.9 Å². The summed E-state index contributed by atoms with van der Waals surface area (Å²) >= 11 is 5.95. The first-order valence-corrected chi connectivity index (χ1v) is 10.2. The Kier molecular flexibility index (Phi) is 4.75. The Balaban J connectivity index is 1.23. The van der Waals surface area contributed by atoms with Crippen LogP contribution in [0.2, 0.25) is 5.02 Å². The first-order chi connectivity index (χ1) is 14.6. The van der Waals surface area contributed by atoms with Gasteiger partial charge in [-0.3, -0.25) is 14.8 Å². The lowest BCUT2D eigenvalue weighted by Crippen LogP contribution is -2.33. The fourth-order valence-electron chi connectivity index (χ4n) is 4.33. The maximum Gasteiger partial charge on any atom is 0.255 e. The molecule has 5 rings (SSSR count). The summed E-state index contributed by atoms with van der Waals surface area (Å²) in [5, 5.41) is 10.3. The van der Waals surface area contributed by atoms with Gasteiger partial charge in [-0.05, 0) is 18.2 Å². The molecule has 0 bridgehead atoms. The number of fused-ring (bicyclic) bond motifs is 1. The van der Waals surface area contributed by atoms with Crippen molar-refractivity contribution < 1.29 is 9.90 Å². The number of aromatic hydroxyl groups is 1. The van der Waals surface area contributed by atoms with Gasteiger partial charge in [0, 0.05) is 54.8 Å². The Labute approximate surface area is 179 Å². The molecule has 0 aliphatic carbocycles. The van der Waals surface area contributed by atoms with Gasteiger partial charge in [-0.25, -0.2) is 4.98 Å². The zero-order chi connectivity index (χ0) is 20.7. The number of hydrogen-bond donors (Lipinski definition) is 1. The van der Waals surface area contributed by atoms with Crippen LogP contribution in [0.4, 0.5) is 5.82 Å². The molecule has 2 atom stereocenters. The van der Waals surface area contributed by atoms with Gasteiger partial charge in [-0.1, -0.05) is 23.7 Å². The summed E-state index contributed by atoms with van der Waals surface area (Å²) in [7, 11) is 0. The molecule has 0 spiro atoms. The molecule has 3 aromatic rings. The zero-order valence-electron chi connectivity index (χ0n) is 16.1. The lowest BCUT2D eigenvalue weighted by atomic mass is 10.0. The summed E-state index contributed by atoms with van der Waals surface area (Å²) in [4.78, 5) is 29.9. The van der Waals surface area contributed by atoms with Crippen LogP contribution in [0, 0.1) is 11.8 Å². The van der Waals surface area contributed by atoms with Gasteiger partial charge in [0.1, 0.15) is 11.6 Å². The fraction of sp³-hybridized carbons (Fsp3) is 0.273. The van der Waals surface area contributed by atoms with Crippen molar-refractivity contribution in [2.75, 3.05) is 31.1 Å². The molecule has 0 saturated carbocycles. The minimum Gasteiger partial charge on any atom is -0.506 e. The highest BCUT2D eigenvalue weighted by molar-refractivity contribution is 6.30.